The molecule has 1 aromatic carbocycles. The van der Waals surface area contributed by atoms with E-state index in [1.54, 1.807) is 0 Å². The molecule has 0 atom stereocenters. The van der Waals surface area contributed by atoms with Gasteiger partial charge >= 0.3 is 12.3 Å². The number of carboxylic acid groups (broad SMARTS) is 1. The highest BCUT2D eigenvalue weighted by Crippen LogP contribution is 2.43. The summed E-state index contributed by atoms with van der Waals surface area (Å²) in [5, 5.41) is 20.2. The third-order valence-corrected chi connectivity index (χ3v) is 3.67. The number of hydrogen-bond donors (Lipinski definition) is 1. The Balaban J connectivity index is 2.63. The number of pyridine rings is 1. The zero-order valence-electron chi connectivity index (χ0n) is 15.8. The summed E-state index contributed by atoms with van der Waals surface area (Å²) in [6, 6.07) is 5.36. The molecule has 11 heteroatoms. The lowest BCUT2D eigenvalue weighted by Crippen LogP contribution is -2.16. The predicted molar refractivity (Wildman–Crippen MR) is 98.3 cm³/mol. The molecule has 0 saturated heterocycles. The molecule has 1 aromatic heterocycles. The van der Waals surface area contributed by atoms with Gasteiger partial charge in [0.2, 0.25) is 0 Å². The van der Waals surface area contributed by atoms with Gasteiger partial charge in [-0.2, -0.15) is 0 Å². The summed E-state index contributed by atoms with van der Waals surface area (Å²) in [5.41, 5.74) is 0.384. The van der Waals surface area contributed by atoms with Crippen LogP contribution in [-0.2, 0) is 9.47 Å². The van der Waals surface area contributed by atoms with E-state index in [9.17, 15) is 19.7 Å². The van der Waals surface area contributed by atoms with Gasteiger partial charge in [-0.15, -0.1) is 0 Å². The van der Waals surface area contributed by atoms with Gasteiger partial charge in [0.15, 0.2) is 11.5 Å². The Bertz CT molecular complexity index is 943. The minimum absolute atomic E-state index is 0.0183. The number of nitro benzene ring substituents is 1. The van der Waals surface area contributed by atoms with Crippen LogP contribution < -0.4 is 9.47 Å². The lowest BCUT2D eigenvalue weighted by atomic mass is 10.0. The molecule has 0 spiro atoms. The topological polar surface area (TPSA) is 147 Å². The fraction of sp³-hybridized carbons (Fsp3) is 0.278. The maximum absolute atomic E-state index is 12.0. The third kappa shape index (κ3) is 5.39. The molecule has 0 aliphatic carbocycles. The second-order valence-electron chi connectivity index (χ2n) is 5.68. The number of benzene rings is 1. The van der Waals surface area contributed by atoms with E-state index in [0.29, 0.717) is 0 Å². The molecular weight excluding hydrogens is 388 g/mol. The molecule has 154 valence electrons. The zero-order chi connectivity index (χ0) is 21.6. The molecule has 2 aromatic rings. The quantitative estimate of drug-likeness (QED) is 0.313. The van der Waals surface area contributed by atoms with E-state index in [-0.39, 0.29) is 52.9 Å². The molecule has 0 amide bonds. The van der Waals surface area contributed by atoms with Crippen LogP contribution in [0.3, 0.4) is 0 Å². The highest BCUT2D eigenvalue weighted by molar-refractivity contribution is 5.83. The molecular formula is C18H18N2O9. The van der Waals surface area contributed by atoms with Crippen molar-refractivity contribution < 1.29 is 38.6 Å². The van der Waals surface area contributed by atoms with Crippen LogP contribution in [0.2, 0.25) is 0 Å². The van der Waals surface area contributed by atoms with Gasteiger partial charge in [0.1, 0.15) is 6.61 Å². The Morgan fingerprint density at radius 1 is 1.14 bits per heavy atom. The van der Waals surface area contributed by atoms with Gasteiger partial charge < -0.3 is 24.1 Å². The monoisotopic (exact) mass is 406 g/mol. The van der Waals surface area contributed by atoms with E-state index in [2.05, 4.69) is 4.98 Å². The summed E-state index contributed by atoms with van der Waals surface area (Å²) in [7, 11) is 1.43. The fourth-order valence-electron chi connectivity index (χ4n) is 2.51. The highest BCUT2D eigenvalue weighted by atomic mass is 16.7. The van der Waals surface area contributed by atoms with Crippen molar-refractivity contribution in [2.24, 2.45) is 0 Å². The Morgan fingerprint density at radius 2 is 1.79 bits per heavy atom. The van der Waals surface area contributed by atoms with Crippen molar-refractivity contribution in [3.8, 4) is 22.6 Å². The number of hydrogen-bond acceptors (Lipinski definition) is 9. The summed E-state index contributed by atoms with van der Waals surface area (Å²) in [4.78, 5) is 37.9. The van der Waals surface area contributed by atoms with Crippen LogP contribution in [0.25, 0.3) is 11.1 Å². The van der Waals surface area contributed by atoms with Crippen molar-refractivity contribution in [3.63, 3.8) is 0 Å². The first-order valence-electron chi connectivity index (χ1n) is 8.25. The number of nitro groups is 1. The van der Waals surface area contributed by atoms with E-state index in [0.717, 1.165) is 0 Å². The minimum Gasteiger partial charge on any atom is -0.449 e. The SMILES string of the molecule is COCCOC(=O)Oc1c(C)nc(C)c(OC(=O)O)c1-c1cccc([N+](=O)[O-])c1. The Labute approximate surface area is 164 Å². The van der Waals surface area contributed by atoms with Crippen LogP contribution in [0.4, 0.5) is 15.3 Å². The first-order chi connectivity index (χ1) is 13.7. The fourth-order valence-corrected chi connectivity index (χ4v) is 2.51. The molecule has 0 radical (unpaired) electrons. The Morgan fingerprint density at radius 3 is 2.38 bits per heavy atom. The number of aromatic nitrogens is 1. The van der Waals surface area contributed by atoms with Crippen LogP contribution >= 0.6 is 0 Å². The number of non-ortho nitro benzene ring substituents is 1. The Kier molecular flexibility index (Phi) is 7.04. The van der Waals surface area contributed by atoms with E-state index in [1.807, 2.05) is 0 Å². The number of aryl methyl sites for hydroxylation is 2. The van der Waals surface area contributed by atoms with E-state index in [4.69, 9.17) is 24.1 Å². The maximum Gasteiger partial charge on any atom is 0.514 e. The lowest BCUT2D eigenvalue weighted by Gasteiger charge is -2.17. The molecule has 11 nitrogen and oxygen atoms in total. The second kappa shape index (κ2) is 9.46. The molecule has 0 bridgehead atoms. The van der Waals surface area contributed by atoms with E-state index < -0.39 is 17.2 Å². The molecule has 0 fully saturated rings. The average Bonchev–Trinajstić information content (AvgIpc) is 2.65. The summed E-state index contributed by atoms with van der Waals surface area (Å²) >= 11 is 0. The number of ether oxygens (including phenoxy) is 4. The van der Waals surface area contributed by atoms with Crippen LogP contribution in [0, 0.1) is 24.0 Å². The summed E-state index contributed by atoms with van der Waals surface area (Å²) < 4.78 is 19.7. The molecule has 0 unspecified atom stereocenters. The lowest BCUT2D eigenvalue weighted by molar-refractivity contribution is -0.384. The van der Waals surface area contributed by atoms with Crippen molar-refractivity contribution in [2.75, 3.05) is 20.3 Å². The van der Waals surface area contributed by atoms with Crippen molar-refractivity contribution in [1.82, 2.24) is 4.98 Å². The second-order valence-corrected chi connectivity index (χ2v) is 5.68. The summed E-state index contributed by atoms with van der Waals surface area (Å²) in [5.74, 6) is -0.363. The van der Waals surface area contributed by atoms with E-state index in [1.165, 1.54) is 45.2 Å². The molecule has 2 rings (SSSR count). The smallest absolute Gasteiger partial charge is 0.449 e. The number of nitrogens with zero attached hydrogens (tertiary/aromatic N) is 2. The molecule has 0 aliphatic rings. The molecule has 1 N–H and O–H groups in total. The summed E-state index contributed by atoms with van der Waals surface area (Å²) in [6.45, 7) is 3.09. The van der Waals surface area contributed by atoms with Gasteiger partial charge in [-0.1, -0.05) is 12.1 Å². The normalized spacial score (nSPS) is 10.3. The van der Waals surface area contributed by atoms with Crippen molar-refractivity contribution in [2.45, 2.75) is 13.8 Å². The van der Waals surface area contributed by atoms with Crippen LogP contribution in [-0.4, -0.2) is 47.6 Å². The predicted octanol–water partition coefficient (Wildman–Crippen LogP) is 3.49. The van der Waals surface area contributed by atoms with Gasteiger partial charge in [-0.25, -0.2) is 9.59 Å². The van der Waals surface area contributed by atoms with Crippen molar-refractivity contribution >= 4 is 18.0 Å². The number of methoxy groups -OCH3 is 1. The zero-order valence-corrected chi connectivity index (χ0v) is 15.8. The van der Waals surface area contributed by atoms with Gasteiger partial charge in [0.25, 0.3) is 5.69 Å². The van der Waals surface area contributed by atoms with Crippen molar-refractivity contribution in [3.05, 3.63) is 45.8 Å². The number of carbonyl (C=O) groups is 2. The van der Waals surface area contributed by atoms with Gasteiger partial charge in [0, 0.05) is 19.2 Å². The molecule has 0 aliphatic heterocycles. The summed E-state index contributed by atoms with van der Waals surface area (Å²) in [6.07, 6.45) is -2.71. The third-order valence-electron chi connectivity index (χ3n) is 3.67. The largest absolute Gasteiger partial charge is 0.514 e. The van der Waals surface area contributed by atoms with Gasteiger partial charge in [-0.3, -0.25) is 15.1 Å². The Hall–Kier alpha value is -3.73. The van der Waals surface area contributed by atoms with Crippen LogP contribution in [0.15, 0.2) is 24.3 Å². The molecule has 0 saturated carbocycles. The van der Waals surface area contributed by atoms with Gasteiger partial charge in [0.05, 0.1) is 28.5 Å². The molecule has 29 heavy (non-hydrogen) atoms. The number of rotatable bonds is 7. The van der Waals surface area contributed by atoms with Gasteiger partial charge in [-0.05, 0) is 19.4 Å². The highest BCUT2D eigenvalue weighted by Gasteiger charge is 2.25. The first-order valence-corrected chi connectivity index (χ1v) is 8.25. The number of carbonyl (C=O) groups excluding carboxylic acids is 1. The van der Waals surface area contributed by atoms with E-state index >= 15 is 0 Å². The standard InChI is InChI=1S/C18H18N2O9/c1-10-15(28-17(21)22)14(12-5-4-6-13(9-12)20(24)25)16(11(2)19-10)29-18(23)27-8-7-26-3/h4-6,9H,7-8H2,1-3H3,(H,21,22). The average molecular weight is 406 g/mol. The minimum atomic E-state index is -1.63. The van der Waals surface area contributed by atoms with Crippen LogP contribution in [0.5, 0.6) is 11.5 Å². The molecule has 1 heterocycles. The maximum atomic E-state index is 12.0. The first kappa shape index (κ1) is 21.6. The van der Waals surface area contributed by atoms with Crippen LogP contribution in [0.1, 0.15) is 11.4 Å². The van der Waals surface area contributed by atoms with Crippen molar-refractivity contribution in [1.29, 1.82) is 0 Å².